The maximum Gasteiger partial charge on any atom is 0.126 e. The van der Waals surface area contributed by atoms with E-state index in [-0.39, 0.29) is 5.69 Å². The Morgan fingerprint density at radius 2 is 1.81 bits per heavy atom. The van der Waals surface area contributed by atoms with Crippen molar-refractivity contribution < 1.29 is 15.3 Å². The van der Waals surface area contributed by atoms with E-state index < -0.39 is 18.8 Å². The van der Waals surface area contributed by atoms with Crippen LogP contribution in [-0.2, 0) is 0 Å². The summed E-state index contributed by atoms with van der Waals surface area (Å²) in [5.74, 6) is 0. The minimum atomic E-state index is -1.24. The van der Waals surface area contributed by atoms with Crippen LogP contribution in [0.15, 0.2) is 30.5 Å². The minimum absolute atomic E-state index is 0.250. The van der Waals surface area contributed by atoms with Gasteiger partial charge in [-0.05, 0) is 12.1 Å². The minimum Gasteiger partial charge on any atom is -0.394 e. The standard InChI is InChI=1S/C11H12N2O3/c14-6-10(15)11(16)9-5-12-7-3-1-2-4-8(7)13-9/h1-5,10-11,14-16H,6H2/t10-,11-/m1/s1. The molecule has 0 aliphatic heterocycles. The Bertz CT molecular complexity index is 489. The highest BCUT2D eigenvalue weighted by Gasteiger charge is 2.19. The van der Waals surface area contributed by atoms with Gasteiger partial charge in [-0.25, -0.2) is 4.98 Å². The van der Waals surface area contributed by atoms with E-state index in [1.54, 1.807) is 12.1 Å². The second kappa shape index (κ2) is 4.52. The zero-order chi connectivity index (χ0) is 11.5. The first-order chi connectivity index (χ1) is 7.72. The number of aliphatic hydroxyl groups is 3. The van der Waals surface area contributed by atoms with Crippen molar-refractivity contribution in [3.8, 4) is 0 Å². The van der Waals surface area contributed by atoms with Gasteiger partial charge in [-0.3, -0.25) is 4.98 Å². The van der Waals surface area contributed by atoms with E-state index in [0.29, 0.717) is 5.52 Å². The largest absolute Gasteiger partial charge is 0.394 e. The second-order valence-corrected chi connectivity index (χ2v) is 3.48. The van der Waals surface area contributed by atoms with Crippen LogP contribution in [0.3, 0.4) is 0 Å². The topological polar surface area (TPSA) is 86.5 Å². The Morgan fingerprint density at radius 3 is 2.50 bits per heavy atom. The molecule has 84 valence electrons. The number of aliphatic hydroxyl groups excluding tert-OH is 3. The molecule has 1 aromatic carbocycles. The van der Waals surface area contributed by atoms with Crippen LogP contribution in [0.5, 0.6) is 0 Å². The van der Waals surface area contributed by atoms with Crippen molar-refractivity contribution >= 4 is 11.0 Å². The summed E-state index contributed by atoms with van der Waals surface area (Å²) in [4.78, 5) is 8.26. The van der Waals surface area contributed by atoms with Gasteiger partial charge in [0.2, 0.25) is 0 Å². The number of hydrogen-bond acceptors (Lipinski definition) is 5. The summed E-state index contributed by atoms with van der Waals surface area (Å²) in [6.45, 7) is -0.518. The van der Waals surface area contributed by atoms with Crippen molar-refractivity contribution in [1.82, 2.24) is 9.97 Å². The first-order valence-electron chi connectivity index (χ1n) is 4.91. The first-order valence-corrected chi connectivity index (χ1v) is 4.91. The number of para-hydroxylation sites is 2. The molecule has 0 saturated heterocycles. The van der Waals surface area contributed by atoms with Crippen molar-refractivity contribution in [2.75, 3.05) is 6.61 Å². The third-order valence-corrected chi connectivity index (χ3v) is 2.32. The van der Waals surface area contributed by atoms with Crippen molar-refractivity contribution in [2.24, 2.45) is 0 Å². The zero-order valence-electron chi connectivity index (χ0n) is 8.48. The number of fused-ring (bicyclic) bond motifs is 1. The van der Waals surface area contributed by atoms with Crippen LogP contribution >= 0.6 is 0 Å². The molecule has 0 fully saturated rings. The molecule has 0 radical (unpaired) electrons. The predicted molar refractivity (Wildman–Crippen MR) is 57.6 cm³/mol. The van der Waals surface area contributed by atoms with E-state index in [1.165, 1.54) is 6.20 Å². The van der Waals surface area contributed by atoms with Gasteiger partial charge in [-0.15, -0.1) is 0 Å². The van der Waals surface area contributed by atoms with Crippen LogP contribution in [-0.4, -0.2) is 38.0 Å². The third-order valence-electron chi connectivity index (χ3n) is 2.32. The Morgan fingerprint density at radius 1 is 1.12 bits per heavy atom. The summed E-state index contributed by atoms with van der Waals surface area (Å²) < 4.78 is 0. The lowest BCUT2D eigenvalue weighted by atomic mass is 10.1. The molecule has 16 heavy (non-hydrogen) atoms. The average molecular weight is 220 g/mol. The van der Waals surface area contributed by atoms with Gasteiger partial charge >= 0.3 is 0 Å². The average Bonchev–Trinajstić information content (AvgIpc) is 2.36. The lowest BCUT2D eigenvalue weighted by Gasteiger charge is -2.14. The Balaban J connectivity index is 2.39. The molecule has 0 bridgehead atoms. The Labute approximate surface area is 92.0 Å². The summed E-state index contributed by atoms with van der Waals surface area (Å²) in [6.07, 6.45) is -1.07. The number of benzene rings is 1. The van der Waals surface area contributed by atoms with Crippen LogP contribution in [0.25, 0.3) is 11.0 Å². The highest BCUT2D eigenvalue weighted by molar-refractivity contribution is 5.73. The molecule has 0 aliphatic carbocycles. The SMILES string of the molecule is OC[C@@H](O)[C@H](O)c1cnc2ccccc2n1. The van der Waals surface area contributed by atoms with Gasteiger partial charge in [0.1, 0.15) is 12.2 Å². The fraction of sp³-hybridized carbons (Fsp3) is 0.273. The maximum absolute atomic E-state index is 9.64. The highest BCUT2D eigenvalue weighted by atomic mass is 16.4. The summed E-state index contributed by atoms with van der Waals surface area (Å²) in [5.41, 5.74) is 1.61. The van der Waals surface area contributed by atoms with Crippen molar-refractivity contribution in [3.05, 3.63) is 36.2 Å². The fourth-order valence-electron chi connectivity index (χ4n) is 1.41. The molecule has 2 aromatic rings. The molecule has 5 nitrogen and oxygen atoms in total. The van der Waals surface area contributed by atoms with E-state index >= 15 is 0 Å². The Hall–Kier alpha value is -1.56. The van der Waals surface area contributed by atoms with Crippen molar-refractivity contribution in [3.63, 3.8) is 0 Å². The summed E-state index contributed by atoms with van der Waals surface area (Å²) in [7, 11) is 0. The number of nitrogens with zero attached hydrogens (tertiary/aromatic N) is 2. The quantitative estimate of drug-likeness (QED) is 0.678. The van der Waals surface area contributed by atoms with Crippen LogP contribution in [0.1, 0.15) is 11.8 Å². The van der Waals surface area contributed by atoms with Gasteiger partial charge in [0.05, 0.1) is 29.5 Å². The summed E-state index contributed by atoms with van der Waals surface area (Å²) in [5, 5.41) is 27.6. The summed E-state index contributed by atoms with van der Waals surface area (Å²) >= 11 is 0. The van der Waals surface area contributed by atoms with Crippen LogP contribution in [0, 0.1) is 0 Å². The molecule has 1 aromatic heterocycles. The van der Waals surface area contributed by atoms with E-state index in [4.69, 9.17) is 5.11 Å². The van der Waals surface area contributed by atoms with Gasteiger partial charge in [0, 0.05) is 0 Å². The van der Waals surface area contributed by atoms with Gasteiger partial charge in [0.25, 0.3) is 0 Å². The molecule has 2 rings (SSSR count). The molecule has 0 saturated carbocycles. The molecular formula is C11H12N2O3. The Kier molecular flexibility index (Phi) is 3.09. The van der Waals surface area contributed by atoms with E-state index in [9.17, 15) is 10.2 Å². The molecule has 0 spiro atoms. The van der Waals surface area contributed by atoms with Crippen LogP contribution in [0.4, 0.5) is 0 Å². The molecule has 2 atom stereocenters. The van der Waals surface area contributed by atoms with Gasteiger partial charge in [0.15, 0.2) is 0 Å². The highest BCUT2D eigenvalue weighted by Crippen LogP contribution is 2.16. The van der Waals surface area contributed by atoms with E-state index in [0.717, 1.165) is 5.52 Å². The monoisotopic (exact) mass is 220 g/mol. The molecule has 0 amide bonds. The number of aromatic nitrogens is 2. The van der Waals surface area contributed by atoms with Crippen molar-refractivity contribution in [1.29, 1.82) is 0 Å². The number of hydrogen-bond donors (Lipinski definition) is 3. The first kappa shape index (κ1) is 10.9. The van der Waals surface area contributed by atoms with Gasteiger partial charge < -0.3 is 15.3 Å². The fourth-order valence-corrected chi connectivity index (χ4v) is 1.41. The lowest BCUT2D eigenvalue weighted by Crippen LogP contribution is -2.23. The van der Waals surface area contributed by atoms with Crippen LogP contribution < -0.4 is 0 Å². The zero-order valence-corrected chi connectivity index (χ0v) is 8.48. The van der Waals surface area contributed by atoms with Crippen molar-refractivity contribution in [2.45, 2.75) is 12.2 Å². The molecule has 0 aliphatic rings. The summed E-state index contributed by atoms with van der Waals surface area (Å²) in [6, 6.07) is 7.23. The van der Waals surface area contributed by atoms with Gasteiger partial charge in [-0.2, -0.15) is 0 Å². The molecule has 5 heteroatoms. The molecular weight excluding hydrogens is 208 g/mol. The normalized spacial score (nSPS) is 14.9. The third kappa shape index (κ3) is 2.01. The maximum atomic E-state index is 9.64. The molecule has 0 unspecified atom stereocenters. The molecule has 1 heterocycles. The molecule has 3 N–H and O–H groups in total. The van der Waals surface area contributed by atoms with Gasteiger partial charge in [-0.1, -0.05) is 12.1 Å². The number of rotatable bonds is 3. The van der Waals surface area contributed by atoms with E-state index in [1.807, 2.05) is 12.1 Å². The smallest absolute Gasteiger partial charge is 0.126 e. The predicted octanol–water partition coefficient (Wildman–Crippen LogP) is 0.0164. The van der Waals surface area contributed by atoms with E-state index in [2.05, 4.69) is 9.97 Å². The second-order valence-electron chi connectivity index (χ2n) is 3.48. The van der Waals surface area contributed by atoms with Crippen LogP contribution in [0.2, 0.25) is 0 Å². The lowest BCUT2D eigenvalue weighted by molar-refractivity contribution is -0.0172.